The molecule has 0 aliphatic carbocycles. The average molecular weight is 664 g/mol. The van der Waals surface area contributed by atoms with Crippen LogP contribution in [0.1, 0.15) is 86.4 Å². The molecule has 1 atom stereocenters. The lowest BCUT2D eigenvalue weighted by atomic mass is 9.92. The molecule has 0 spiro atoms. The third-order valence-corrected chi connectivity index (χ3v) is 7.02. The molecule has 0 radical (unpaired) electrons. The predicted octanol–water partition coefficient (Wildman–Crippen LogP) is 7.47. The summed E-state index contributed by atoms with van der Waals surface area (Å²) >= 11 is 0. The minimum atomic E-state index is -4.62. The fraction of sp³-hybridized carbons (Fsp3) is 0.472. The van der Waals surface area contributed by atoms with Crippen LogP contribution in [0.4, 0.5) is 17.6 Å². The molecule has 2 rings (SSSR count). The molecule has 2 aromatic rings. The van der Waals surface area contributed by atoms with Crippen LogP contribution in [-0.4, -0.2) is 36.6 Å². The normalized spacial score (nSPS) is 12.8. The van der Waals surface area contributed by atoms with Gasteiger partial charge >= 0.3 is 12.1 Å². The maximum Gasteiger partial charge on any atom is 0.416 e. The van der Waals surface area contributed by atoms with E-state index >= 15 is 0 Å². The van der Waals surface area contributed by atoms with Gasteiger partial charge in [0.2, 0.25) is 5.91 Å². The number of pyridine rings is 1. The first kappa shape index (κ1) is 41.0. The zero-order valence-electron chi connectivity index (χ0n) is 28.7. The summed E-state index contributed by atoms with van der Waals surface area (Å²) in [5.41, 5.74) is 9.43. The Hall–Kier alpha value is -3.99. The Kier molecular flexibility index (Phi) is 16.6. The van der Waals surface area contributed by atoms with Gasteiger partial charge in [0.15, 0.2) is 0 Å². The molecule has 1 aromatic heterocycles. The van der Waals surface area contributed by atoms with Gasteiger partial charge in [0.05, 0.1) is 18.6 Å². The molecule has 7 nitrogen and oxygen atoms in total. The Bertz CT molecular complexity index is 1500. The molecular formula is C36H49F4N3O4. The first-order valence-corrected chi connectivity index (χ1v) is 15.5. The standard InChI is InChI=1S/C21H27FO2.C15H22F3N3O2/c1-7-24-20(23)9-8-19(22)13-18(10-14(2)3)21-16(5)11-15(4)12-17(21)6;1-9(2)6-12(14(19)23)21-8-10(4-5-20-3)11(7-13(21)22)15(16,17)18/h10-13H,2,7-9H2,1,3-6H3;7-9,12,20H,4-6H2,1-3H3,(H2,19,23)/b18-10+,19-13-;. The monoisotopic (exact) mass is 663 g/mol. The number of rotatable bonds is 14. The van der Waals surface area contributed by atoms with Gasteiger partial charge in [-0.05, 0) is 101 Å². The number of nitrogens with two attached hydrogens (primary N) is 1. The number of hydrogen-bond donors (Lipinski definition) is 2. The molecule has 1 unspecified atom stereocenters. The molecule has 260 valence electrons. The van der Waals surface area contributed by atoms with Gasteiger partial charge in [-0.1, -0.05) is 49.8 Å². The minimum Gasteiger partial charge on any atom is -0.466 e. The van der Waals surface area contributed by atoms with Crippen molar-refractivity contribution in [2.45, 2.75) is 86.4 Å². The van der Waals surface area contributed by atoms with Crippen molar-refractivity contribution < 1.29 is 31.9 Å². The number of aryl methyl sites for hydroxylation is 3. The second-order valence-corrected chi connectivity index (χ2v) is 12.0. The van der Waals surface area contributed by atoms with E-state index in [1.165, 1.54) is 11.6 Å². The number of allylic oxidation sites excluding steroid dienone is 5. The maximum atomic E-state index is 14.3. The number of hydrogen-bond acceptors (Lipinski definition) is 5. The van der Waals surface area contributed by atoms with Gasteiger partial charge in [-0.3, -0.25) is 14.4 Å². The second kappa shape index (κ2) is 19.0. The van der Waals surface area contributed by atoms with E-state index < -0.39 is 29.2 Å². The van der Waals surface area contributed by atoms with E-state index in [4.69, 9.17) is 10.5 Å². The lowest BCUT2D eigenvalue weighted by Gasteiger charge is -2.21. The molecular weight excluding hydrogens is 614 g/mol. The number of halogens is 4. The highest BCUT2D eigenvalue weighted by Crippen LogP contribution is 2.32. The number of alkyl halides is 3. The molecule has 0 saturated carbocycles. The molecule has 1 amide bonds. The van der Waals surface area contributed by atoms with Crippen LogP contribution < -0.4 is 16.6 Å². The fourth-order valence-corrected chi connectivity index (χ4v) is 5.15. The highest BCUT2D eigenvalue weighted by molar-refractivity contribution is 5.80. The van der Waals surface area contributed by atoms with Gasteiger partial charge in [0, 0.05) is 18.7 Å². The number of aromatic nitrogens is 1. The van der Waals surface area contributed by atoms with Crippen molar-refractivity contribution in [3.8, 4) is 0 Å². The summed E-state index contributed by atoms with van der Waals surface area (Å²) in [6.45, 7) is 17.9. The Labute approximate surface area is 275 Å². The lowest BCUT2D eigenvalue weighted by molar-refractivity contribution is -0.143. The number of nitrogens with one attached hydrogen (secondary N) is 1. The van der Waals surface area contributed by atoms with Gasteiger partial charge in [-0.2, -0.15) is 13.2 Å². The van der Waals surface area contributed by atoms with Crippen molar-refractivity contribution in [3.63, 3.8) is 0 Å². The van der Waals surface area contributed by atoms with Gasteiger partial charge in [0.25, 0.3) is 5.56 Å². The molecule has 3 N–H and O–H groups in total. The SMILES string of the molecule is C=C(C)/C=C(\C=C(/F)CCC(=O)OCC)c1c(C)cc(C)cc1C.CNCCc1cn(C(CC(C)C)C(N)=O)c(=O)cc1C(F)(F)F. The zero-order chi connectivity index (χ0) is 36.1. The first-order chi connectivity index (χ1) is 21.8. The highest BCUT2D eigenvalue weighted by atomic mass is 19.4. The molecule has 0 saturated heterocycles. The van der Waals surface area contributed by atoms with E-state index in [-0.39, 0.29) is 49.0 Å². The molecule has 0 bridgehead atoms. The molecule has 1 aromatic carbocycles. The van der Waals surface area contributed by atoms with Crippen molar-refractivity contribution >= 4 is 17.4 Å². The molecule has 11 heteroatoms. The van der Waals surface area contributed by atoms with E-state index in [1.807, 2.05) is 47.6 Å². The van der Waals surface area contributed by atoms with Crippen LogP contribution in [0.5, 0.6) is 0 Å². The van der Waals surface area contributed by atoms with Gasteiger partial charge in [0.1, 0.15) is 11.9 Å². The van der Waals surface area contributed by atoms with E-state index in [9.17, 15) is 31.9 Å². The number of amides is 1. The van der Waals surface area contributed by atoms with Crippen LogP contribution in [0.25, 0.3) is 5.57 Å². The third-order valence-electron chi connectivity index (χ3n) is 7.02. The number of nitrogens with zero attached hydrogens (tertiary/aromatic N) is 1. The zero-order valence-corrected chi connectivity index (χ0v) is 28.7. The Morgan fingerprint density at radius 3 is 2.15 bits per heavy atom. The molecule has 1 heterocycles. The predicted molar refractivity (Wildman–Crippen MR) is 180 cm³/mol. The molecule has 47 heavy (non-hydrogen) atoms. The lowest BCUT2D eigenvalue weighted by Crippen LogP contribution is -2.35. The summed E-state index contributed by atoms with van der Waals surface area (Å²) < 4.78 is 59.5. The highest BCUT2D eigenvalue weighted by Gasteiger charge is 2.35. The Morgan fingerprint density at radius 1 is 1.09 bits per heavy atom. The van der Waals surface area contributed by atoms with E-state index in [2.05, 4.69) is 24.0 Å². The molecule has 0 aliphatic heterocycles. The maximum absolute atomic E-state index is 14.3. The summed E-state index contributed by atoms with van der Waals surface area (Å²) in [6, 6.07) is 3.75. The van der Waals surface area contributed by atoms with Crippen molar-refractivity contribution in [2.24, 2.45) is 11.7 Å². The Morgan fingerprint density at radius 2 is 1.68 bits per heavy atom. The summed E-state index contributed by atoms with van der Waals surface area (Å²) in [6.07, 6.45) is 0.304. The number of carbonyl (C=O) groups excluding carboxylic acids is 2. The van der Waals surface area contributed by atoms with Crippen LogP contribution in [0.3, 0.4) is 0 Å². The van der Waals surface area contributed by atoms with E-state index in [0.717, 1.165) is 38.6 Å². The van der Waals surface area contributed by atoms with Crippen LogP contribution in [0.15, 0.2) is 59.3 Å². The largest absolute Gasteiger partial charge is 0.466 e. The topological polar surface area (TPSA) is 103 Å². The molecule has 0 fully saturated rings. The average Bonchev–Trinajstić information content (AvgIpc) is 2.93. The first-order valence-electron chi connectivity index (χ1n) is 15.5. The second-order valence-electron chi connectivity index (χ2n) is 12.0. The quantitative estimate of drug-likeness (QED) is 0.124. The van der Waals surface area contributed by atoms with Gasteiger partial charge < -0.3 is 20.4 Å². The summed E-state index contributed by atoms with van der Waals surface area (Å²) in [4.78, 5) is 35.1. The Balaban J connectivity index is 0.000000470. The van der Waals surface area contributed by atoms with Crippen LogP contribution >= 0.6 is 0 Å². The van der Waals surface area contributed by atoms with Crippen LogP contribution in [0, 0.1) is 26.7 Å². The number of primary amides is 1. The van der Waals surface area contributed by atoms with Crippen LogP contribution in [0.2, 0.25) is 0 Å². The number of ether oxygens (including phenoxy) is 1. The number of likely N-dealkylation sites (N-methyl/N-ethyl adjacent to an activating group) is 1. The van der Waals surface area contributed by atoms with E-state index in [1.54, 1.807) is 14.0 Å². The number of benzene rings is 1. The van der Waals surface area contributed by atoms with Crippen molar-refractivity contribution in [1.82, 2.24) is 9.88 Å². The van der Waals surface area contributed by atoms with Crippen LogP contribution in [-0.2, 0) is 26.9 Å². The smallest absolute Gasteiger partial charge is 0.416 e. The van der Waals surface area contributed by atoms with Gasteiger partial charge in [-0.15, -0.1) is 0 Å². The van der Waals surface area contributed by atoms with Gasteiger partial charge in [-0.25, -0.2) is 4.39 Å². The van der Waals surface area contributed by atoms with Crippen molar-refractivity contribution in [1.29, 1.82) is 0 Å². The summed E-state index contributed by atoms with van der Waals surface area (Å²) in [5, 5.41) is 2.77. The molecule has 0 aliphatic rings. The summed E-state index contributed by atoms with van der Waals surface area (Å²) in [5.74, 6) is -1.40. The minimum absolute atomic E-state index is 0.0380. The van der Waals surface area contributed by atoms with Crippen molar-refractivity contribution in [2.75, 3.05) is 20.2 Å². The van der Waals surface area contributed by atoms with E-state index in [0.29, 0.717) is 19.2 Å². The fourth-order valence-electron chi connectivity index (χ4n) is 5.15. The third kappa shape index (κ3) is 13.7. The summed E-state index contributed by atoms with van der Waals surface area (Å²) in [7, 11) is 1.62. The van der Waals surface area contributed by atoms with Crippen molar-refractivity contribution in [3.05, 3.63) is 98.3 Å². The number of carbonyl (C=O) groups is 2. The number of esters is 1.